The highest BCUT2D eigenvalue weighted by molar-refractivity contribution is 6.30. The molecule has 0 amide bonds. The van der Waals surface area contributed by atoms with Crippen LogP contribution in [0.3, 0.4) is 0 Å². The van der Waals surface area contributed by atoms with E-state index in [0.717, 1.165) is 0 Å². The van der Waals surface area contributed by atoms with E-state index in [9.17, 15) is 10.1 Å². The van der Waals surface area contributed by atoms with E-state index >= 15 is 0 Å². The van der Waals surface area contributed by atoms with Crippen LogP contribution < -0.4 is 15.2 Å². The first kappa shape index (κ1) is 15.1. The van der Waals surface area contributed by atoms with Gasteiger partial charge in [0.25, 0.3) is 0 Å². The van der Waals surface area contributed by atoms with E-state index in [1.807, 2.05) is 0 Å². The quantitative estimate of drug-likeness (QED) is 0.674. The minimum Gasteiger partial charge on any atom is -0.497 e. The first-order chi connectivity index (χ1) is 10.0. The average Bonchev–Trinajstić information content (AvgIpc) is 2.48. The Morgan fingerprint density at radius 2 is 2.00 bits per heavy atom. The summed E-state index contributed by atoms with van der Waals surface area (Å²) in [5.41, 5.74) is 6.12. The van der Waals surface area contributed by atoms with Crippen LogP contribution in [-0.2, 0) is 6.54 Å². The normalized spacial score (nSPS) is 10.2. The van der Waals surface area contributed by atoms with E-state index in [0.29, 0.717) is 22.1 Å². The lowest BCUT2D eigenvalue weighted by Gasteiger charge is -2.11. The molecular formula is C14H13ClN2O4. The SMILES string of the molecule is COc1ccc([N+](=O)[O-])c(Oc2ccc(Cl)cc2CN)c1. The fraction of sp³-hybridized carbons (Fsp3) is 0.143. The number of nitro benzene ring substituents is 1. The molecule has 2 aromatic rings. The first-order valence-electron chi connectivity index (χ1n) is 6.04. The number of nitrogens with zero attached hydrogens (tertiary/aromatic N) is 1. The topological polar surface area (TPSA) is 87.6 Å². The number of methoxy groups -OCH3 is 1. The molecular weight excluding hydrogens is 296 g/mol. The summed E-state index contributed by atoms with van der Waals surface area (Å²) in [5.74, 6) is 0.952. The number of ether oxygens (including phenoxy) is 2. The zero-order valence-electron chi connectivity index (χ0n) is 11.2. The predicted octanol–water partition coefficient (Wildman–Crippen LogP) is 3.51. The highest BCUT2D eigenvalue weighted by atomic mass is 35.5. The molecule has 0 spiro atoms. The van der Waals surface area contributed by atoms with Crippen molar-refractivity contribution in [2.24, 2.45) is 5.73 Å². The van der Waals surface area contributed by atoms with Crippen LogP contribution in [0, 0.1) is 10.1 Å². The van der Waals surface area contributed by atoms with Gasteiger partial charge in [0.05, 0.1) is 12.0 Å². The Morgan fingerprint density at radius 3 is 2.62 bits per heavy atom. The van der Waals surface area contributed by atoms with Crippen molar-refractivity contribution in [1.29, 1.82) is 0 Å². The minimum absolute atomic E-state index is 0.0800. The molecule has 7 heteroatoms. The van der Waals surface area contributed by atoms with Crippen molar-refractivity contribution in [3.05, 3.63) is 57.1 Å². The monoisotopic (exact) mass is 308 g/mol. The number of rotatable bonds is 5. The van der Waals surface area contributed by atoms with E-state index < -0.39 is 4.92 Å². The predicted molar refractivity (Wildman–Crippen MR) is 79.1 cm³/mol. The van der Waals surface area contributed by atoms with Gasteiger partial charge in [-0.2, -0.15) is 0 Å². The largest absolute Gasteiger partial charge is 0.497 e. The molecule has 0 radical (unpaired) electrons. The van der Waals surface area contributed by atoms with Crippen LogP contribution in [0.5, 0.6) is 17.2 Å². The second kappa shape index (κ2) is 6.43. The summed E-state index contributed by atoms with van der Waals surface area (Å²) < 4.78 is 10.7. The van der Waals surface area contributed by atoms with Crippen molar-refractivity contribution in [3.8, 4) is 17.2 Å². The molecule has 0 aliphatic carbocycles. The molecule has 2 aromatic carbocycles. The Balaban J connectivity index is 2.45. The van der Waals surface area contributed by atoms with Crippen molar-refractivity contribution in [2.75, 3.05) is 7.11 Å². The molecule has 0 bridgehead atoms. The zero-order chi connectivity index (χ0) is 15.4. The summed E-state index contributed by atoms with van der Waals surface area (Å²) in [6.07, 6.45) is 0. The average molecular weight is 309 g/mol. The van der Waals surface area contributed by atoms with Crippen molar-refractivity contribution in [2.45, 2.75) is 6.54 Å². The maximum atomic E-state index is 11.1. The fourth-order valence-corrected chi connectivity index (χ4v) is 1.97. The summed E-state index contributed by atoms with van der Waals surface area (Å²) in [6, 6.07) is 9.18. The van der Waals surface area contributed by atoms with E-state index in [2.05, 4.69) is 0 Å². The maximum Gasteiger partial charge on any atom is 0.311 e. The number of benzene rings is 2. The number of nitro groups is 1. The van der Waals surface area contributed by atoms with Gasteiger partial charge in [0, 0.05) is 29.3 Å². The first-order valence-corrected chi connectivity index (χ1v) is 6.41. The van der Waals surface area contributed by atoms with Crippen LogP contribution in [-0.4, -0.2) is 12.0 Å². The van der Waals surface area contributed by atoms with Crippen molar-refractivity contribution in [1.82, 2.24) is 0 Å². The fourth-order valence-electron chi connectivity index (χ4n) is 1.78. The van der Waals surface area contributed by atoms with Gasteiger partial charge in [-0.25, -0.2) is 0 Å². The Morgan fingerprint density at radius 1 is 1.24 bits per heavy atom. The molecule has 0 saturated heterocycles. The summed E-state index contributed by atoms with van der Waals surface area (Å²) in [5, 5.41) is 11.6. The molecule has 0 unspecified atom stereocenters. The third-order valence-electron chi connectivity index (χ3n) is 2.83. The van der Waals surface area contributed by atoms with Crippen LogP contribution in [0.4, 0.5) is 5.69 Å². The molecule has 21 heavy (non-hydrogen) atoms. The smallest absolute Gasteiger partial charge is 0.311 e. The third kappa shape index (κ3) is 3.42. The molecule has 2 N–H and O–H groups in total. The van der Waals surface area contributed by atoms with Gasteiger partial charge in [0.1, 0.15) is 11.5 Å². The molecule has 0 saturated carbocycles. The highest BCUT2D eigenvalue weighted by Crippen LogP contribution is 2.36. The second-order valence-corrected chi connectivity index (χ2v) is 4.59. The molecule has 0 atom stereocenters. The Labute approximate surface area is 126 Å². The van der Waals surface area contributed by atoms with E-state index in [1.54, 1.807) is 18.2 Å². The number of hydrogen-bond acceptors (Lipinski definition) is 5. The molecule has 2 rings (SSSR count). The molecule has 0 fully saturated rings. The van der Waals surface area contributed by atoms with Gasteiger partial charge in [0.15, 0.2) is 0 Å². The van der Waals surface area contributed by atoms with Gasteiger partial charge >= 0.3 is 5.69 Å². The van der Waals surface area contributed by atoms with Crippen LogP contribution in [0.2, 0.25) is 5.02 Å². The van der Waals surface area contributed by atoms with E-state index in [-0.39, 0.29) is 18.0 Å². The van der Waals surface area contributed by atoms with Crippen molar-refractivity contribution in [3.63, 3.8) is 0 Å². The molecule has 0 aromatic heterocycles. The van der Waals surface area contributed by atoms with Crippen LogP contribution in [0.25, 0.3) is 0 Å². The van der Waals surface area contributed by atoms with Crippen LogP contribution in [0.1, 0.15) is 5.56 Å². The van der Waals surface area contributed by atoms with Crippen molar-refractivity contribution >= 4 is 17.3 Å². The van der Waals surface area contributed by atoms with Gasteiger partial charge in [-0.1, -0.05) is 11.6 Å². The Hall–Kier alpha value is -2.31. The molecule has 0 aliphatic heterocycles. The highest BCUT2D eigenvalue weighted by Gasteiger charge is 2.18. The van der Waals surface area contributed by atoms with Gasteiger partial charge < -0.3 is 15.2 Å². The summed E-state index contributed by atoms with van der Waals surface area (Å²) in [6.45, 7) is 0.202. The maximum absolute atomic E-state index is 11.1. The molecule has 110 valence electrons. The standard InChI is InChI=1S/C14H13ClN2O4/c1-20-11-3-4-12(17(18)19)14(7-11)21-13-5-2-10(15)6-9(13)8-16/h2-7H,8,16H2,1H3. The lowest BCUT2D eigenvalue weighted by molar-refractivity contribution is -0.385. The third-order valence-corrected chi connectivity index (χ3v) is 3.06. The van der Waals surface area contributed by atoms with Crippen molar-refractivity contribution < 1.29 is 14.4 Å². The Bertz CT molecular complexity index is 676. The lowest BCUT2D eigenvalue weighted by Crippen LogP contribution is -2.01. The molecule has 6 nitrogen and oxygen atoms in total. The second-order valence-electron chi connectivity index (χ2n) is 4.15. The lowest BCUT2D eigenvalue weighted by atomic mass is 10.2. The van der Waals surface area contributed by atoms with Crippen LogP contribution in [0.15, 0.2) is 36.4 Å². The molecule has 0 aliphatic rings. The van der Waals surface area contributed by atoms with Gasteiger partial charge in [-0.05, 0) is 24.3 Å². The zero-order valence-corrected chi connectivity index (χ0v) is 12.0. The minimum atomic E-state index is -0.521. The molecule has 0 heterocycles. The number of nitrogens with two attached hydrogens (primary N) is 1. The van der Waals surface area contributed by atoms with Gasteiger partial charge in [0.2, 0.25) is 5.75 Å². The Kier molecular flexibility index (Phi) is 4.62. The summed E-state index contributed by atoms with van der Waals surface area (Å²) in [7, 11) is 1.47. The van der Waals surface area contributed by atoms with Crippen LogP contribution >= 0.6 is 11.6 Å². The summed E-state index contributed by atoms with van der Waals surface area (Å²) >= 11 is 5.89. The van der Waals surface area contributed by atoms with E-state index in [1.165, 1.54) is 25.3 Å². The number of hydrogen-bond donors (Lipinski definition) is 1. The van der Waals surface area contributed by atoms with Gasteiger partial charge in [-0.15, -0.1) is 0 Å². The van der Waals surface area contributed by atoms with Gasteiger partial charge in [-0.3, -0.25) is 10.1 Å². The number of halogens is 1. The van der Waals surface area contributed by atoms with E-state index in [4.69, 9.17) is 26.8 Å². The summed E-state index contributed by atoms with van der Waals surface area (Å²) in [4.78, 5) is 10.5.